The molecule has 0 saturated heterocycles. The van der Waals surface area contributed by atoms with Crippen molar-refractivity contribution >= 4 is 0 Å². The minimum Gasteiger partial charge on any atom is -0.327 e. The van der Waals surface area contributed by atoms with Crippen molar-refractivity contribution in [2.75, 3.05) is 6.54 Å². The van der Waals surface area contributed by atoms with Crippen molar-refractivity contribution < 1.29 is 0 Å². The lowest BCUT2D eigenvalue weighted by molar-refractivity contribution is 0.483. The lowest BCUT2D eigenvalue weighted by atomic mass is 10.1. The maximum absolute atomic E-state index is 5.94. The lowest BCUT2D eigenvalue weighted by Gasteiger charge is -2.14. The maximum atomic E-state index is 5.94. The van der Waals surface area contributed by atoms with Gasteiger partial charge in [-0.1, -0.05) is 46.5 Å². The molecule has 80 valence electrons. The Morgan fingerprint density at radius 3 is 2.38 bits per heavy atom. The van der Waals surface area contributed by atoms with Gasteiger partial charge < -0.3 is 11.1 Å². The van der Waals surface area contributed by atoms with Crippen LogP contribution in [-0.4, -0.2) is 18.6 Å². The molecule has 13 heavy (non-hydrogen) atoms. The fourth-order valence-corrected chi connectivity index (χ4v) is 1.32. The Morgan fingerprint density at radius 2 is 1.85 bits per heavy atom. The van der Waals surface area contributed by atoms with Gasteiger partial charge in [0.1, 0.15) is 0 Å². The summed E-state index contributed by atoms with van der Waals surface area (Å²) < 4.78 is 0. The molecule has 0 aliphatic rings. The highest BCUT2D eigenvalue weighted by Crippen LogP contribution is 2.03. The van der Waals surface area contributed by atoms with Crippen LogP contribution in [0.25, 0.3) is 0 Å². The van der Waals surface area contributed by atoms with E-state index in [0.717, 1.165) is 6.54 Å². The molecule has 0 radical (unpaired) electrons. The van der Waals surface area contributed by atoms with Gasteiger partial charge in [-0.25, -0.2) is 0 Å². The smallest absolute Gasteiger partial charge is 0.0165 e. The number of hydrogen-bond donors (Lipinski definition) is 2. The number of nitrogens with one attached hydrogen (secondary N) is 1. The van der Waals surface area contributed by atoms with Crippen LogP contribution < -0.4 is 11.1 Å². The second-order valence-corrected chi connectivity index (χ2v) is 4.17. The number of unbranched alkanes of at least 4 members (excludes halogenated alkanes) is 3. The molecule has 0 bridgehead atoms. The van der Waals surface area contributed by atoms with Gasteiger partial charge >= 0.3 is 0 Å². The summed E-state index contributed by atoms with van der Waals surface area (Å²) in [5.41, 5.74) is 5.94. The third kappa shape index (κ3) is 9.84. The Labute approximate surface area is 83.3 Å². The summed E-state index contributed by atoms with van der Waals surface area (Å²) in [5, 5.41) is 3.36. The second kappa shape index (κ2) is 8.52. The number of hydrogen-bond acceptors (Lipinski definition) is 2. The summed E-state index contributed by atoms with van der Waals surface area (Å²) >= 11 is 0. The van der Waals surface area contributed by atoms with E-state index in [1.54, 1.807) is 0 Å². The number of rotatable bonds is 8. The van der Waals surface area contributed by atoms with Crippen LogP contribution in [0.3, 0.4) is 0 Å². The Hall–Kier alpha value is -0.0800. The van der Waals surface area contributed by atoms with Gasteiger partial charge in [0.25, 0.3) is 0 Å². The third-order valence-electron chi connectivity index (χ3n) is 2.22. The van der Waals surface area contributed by atoms with Crippen molar-refractivity contribution in [3.8, 4) is 0 Å². The van der Waals surface area contributed by atoms with E-state index in [-0.39, 0.29) is 0 Å². The van der Waals surface area contributed by atoms with Gasteiger partial charge in [0, 0.05) is 18.6 Å². The van der Waals surface area contributed by atoms with Crippen LogP contribution in [0.5, 0.6) is 0 Å². The molecule has 0 saturated carbocycles. The Morgan fingerprint density at radius 1 is 1.15 bits per heavy atom. The summed E-state index contributed by atoms with van der Waals surface area (Å²) in [6, 6.07) is 0.904. The van der Waals surface area contributed by atoms with Gasteiger partial charge in [-0.15, -0.1) is 0 Å². The highest BCUT2D eigenvalue weighted by molar-refractivity contribution is 4.66. The molecule has 0 aromatic rings. The van der Waals surface area contributed by atoms with Crippen molar-refractivity contribution in [3.05, 3.63) is 0 Å². The average molecular weight is 186 g/mol. The van der Waals surface area contributed by atoms with Crippen LogP contribution in [0.1, 0.15) is 52.9 Å². The lowest BCUT2D eigenvalue weighted by Crippen LogP contribution is -2.37. The first-order valence-electron chi connectivity index (χ1n) is 5.65. The van der Waals surface area contributed by atoms with Gasteiger partial charge in [-0.05, 0) is 6.42 Å². The maximum Gasteiger partial charge on any atom is 0.0165 e. The van der Waals surface area contributed by atoms with Crippen molar-refractivity contribution in [2.24, 2.45) is 5.73 Å². The molecular formula is C11H26N2. The fourth-order valence-electron chi connectivity index (χ4n) is 1.32. The van der Waals surface area contributed by atoms with E-state index >= 15 is 0 Å². The molecule has 0 aromatic carbocycles. The molecule has 0 aromatic heterocycles. The van der Waals surface area contributed by atoms with E-state index < -0.39 is 0 Å². The van der Waals surface area contributed by atoms with E-state index in [2.05, 4.69) is 26.1 Å². The molecule has 0 amide bonds. The highest BCUT2D eigenvalue weighted by atomic mass is 14.9. The van der Waals surface area contributed by atoms with Gasteiger partial charge in [0.2, 0.25) is 0 Å². The first-order chi connectivity index (χ1) is 6.16. The van der Waals surface area contributed by atoms with Crippen molar-refractivity contribution in [1.82, 2.24) is 5.32 Å². The standard InChI is InChI=1S/C11H26N2/c1-4-5-6-7-8-11(12)9-13-10(2)3/h10-11,13H,4-9,12H2,1-3H3. The minimum atomic E-state index is 0.347. The Bertz CT molecular complexity index is 102. The summed E-state index contributed by atoms with van der Waals surface area (Å²) in [4.78, 5) is 0. The molecule has 0 aliphatic carbocycles. The molecule has 0 heterocycles. The quantitative estimate of drug-likeness (QED) is 0.571. The molecule has 2 nitrogen and oxygen atoms in total. The van der Waals surface area contributed by atoms with Gasteiger partial charge in [-0.3, -0.25) is 0 Å². The summed E-state index contributed by atoms with van der Waals surface area (Å²) in [6.07, 6.45) is 6.45. The molecule has 1 unspecified atom stereocenters. The Balaban J connectivity index is 3.15. The molecule has 0 spiro atoms. The highest BCUT2D eigenvalue weighted by Gasteiger charge is 2.02. The van der Waals surface area contributed by atoms with Gasteiger partial charge in [-0.2, -0.15) is 0 Å². The molecule has 1 atom stereocenters. The van der Waals surface area contributed by atoms with E-state index in [4.69, 9.17) is 5.73 Å². The van der Waals surface area contributed by atoms with Crippen LogP contribution in [0.2, 0.25) is 0 Å². The van der Waals surface area contributed by atoms with E-state index in [1.807, 2.05) is 0 Å². The molecule has 0 rings (SSSR count). The Kier molecular flexibility index (Phi) is 8.46. The van der Waals surface area contributed by atoms with Crippen molar-refractivity contribution in [2.45, 2.75) is 65.0 Å². The minimum absolute atomic E-state index is 0.347. The van der Waals surface area contributed by atoms with Crippen molar-refractivity contribution in [1.29, 1.82) is 0 Å². The fraction of sp³-hybridized carbons (Fsp3) is 1.00. The zero-order valence-corrected chi connectivity index (χ0v) is 9.47. The average Bonchev–Trinajstić information content (AvgIpc) is 2.09. The van der Waals surface area contributed by atoms with Crippen LogP contribution in [0, 0.1) is 0 Å². The normalized spacial score (nSPS) is 13.6. The predicted molar refractivity (Wildman–Crippen MR) is 59.9 cm³/mol. The van der Waals surface area contributed by atoms with Gasteiger partial charge in [0.05, 0.1) is 0 Å². The first kappa shape index (κ1) is 12.9. The predicted octanol–water partition coefficient (Wildman–Crippen LogP) is 2.28. The SMILES string of the molecule is CCCCCCC(N)CNC(C)C. The number of nitrogens with two attached hydrogens (primary N) is 1. The third-order valence-corrected chi connectivity index (χ3v) is 2.22. The zero-order valence-electron chi connectivity index (χ0n) is 9.47. The van der Waals surface area contributed by atoms with E-state index in [0.29, 0.717) is 12.1 Å². The first-order valence-corrected chi connectivity index (χ1v) is 5.65. The van der Waals surface area contributed by atoms with Crippen LogP contribution in [0.15, 0.2) is 0 Å². The van der Waals surface area contributed by atoms with E-state index in [9.17, 15) is 0 Å². The van der Waals surface area contributed by atoms with Crippen molar-refractivity contribution in [3.63, 3.8) is 0 Å². The van der Waals surface area contributed by atoms with E-state index in [1.165, 1.54) is 32.1 Å². The molecular weight excluding hydrogens is 160 g/mol. The van der Waals surface area contributed by atoms with Crippen LogP contribution >= 0.6 is 0 Å². The summed E-state index contributed by atoms with van der Waals surface area (Å²) in [5.74, 6) is 0. The molecule has 2 heteroatoms. The molecule has 3 N–H and O–H groups in total. The summed E-state index contributed by atoms with van der Waals surface area (Å²) in [6.45, 7) is 7.51. The monoisotopic (exact) mass is 186 g/mol. The van der Waals surface area contributed by atoms with Crippen LogP contribution in [0.4, 0.5) is 0 Å². The largest absolute Gasteiger partial charge is 0.327 e. The van der Waals surface area contributed by atoms with Gasteiger partial charge in [0.15, 0.2) is 0 Å². The molecule has 0 aliphatic heterocycles. The second-order valence-electron chi connectivity index (χ2n) is 4.17. The molecule has 0 fully saturated rings. The zero-order chi connectivity index (χ0) is 10.1. The topological polar surface area (TPSA) is 38.0 Å². The summed E-state index contributed by atoms with van der Waals surface area (Å²) in [7, 11) is 0. The van der Waals surface area contributed by atoms with Crippen LogP contribution in [-0.2, 0) is 0 Å².